The van der Waals surface area contributed by atoms with Crippen molar-refractivity contribution in [3.8, 4) is 0 Å². The number of aryl methyl sites for hydroxylation is 1. The third-order valence-corrected chi connectivity index (χ3v) is 5.61. The van der Waals surface area contributed by atoms with E-state index < -0.39 is 21.9 Å². The smallest absolute Gasteiger partial charge is 0.254 e. The Kier molecular flexibility index (Phi) is 5.18. The van der Waals surface area contributed by atoms with Gasteiger partial charge in [0, 0.05) is 24.2 Å². The minimum atomic E-state index is -3.84. The molecule has 1 heterocycles. The second-order valence-electron chi connectivity index (χ2n) is 6.68. The summed E-state index contributed by atoms with van der Waals surface area (Å²) in [6.07, 6.45) is 0. The van der Waals surface area contributed by atoms with Crippen LogP contribution in [0.15, 0.2) is 53.4 Å². The summed E-state index contributed by atoms with van der Waals surface area (Å²) < 4.78 is 36.8. The number of hydrogen-bond acceptors (Lipinski definition) is 4. The molecular formula is C20H20FN3O3S. The molecule has 0 aliphatic rings. The molecule has 0 radical (unpaired) electrons. The molecule has 1 atom stereocenters. The minimum absolute atomic E-state index is 0.0154. The summed E-state index contributed by atoms with van der Waals surface area (Å²) in [7, 11) is -2.22. The van der Waals surface area contributed by atoms with Gasteiger partial charge in [0.15, 0.2) is 0 Å². The number of primary sulfonamides is 1. The number of carbonyl (C=O) groups excluding carboxylic acids is 1. The van der Waals surface area contributed by atoms with Gasteiger partial charge in [-0.1, -0.05) is 12.1 Å². The molecule has 0 aliphatic heterocycles. The zero-order valence-corrected chi connectivity index (χ0v) is 16.5. The molecule has 1 aromatic heterocycles. The lowest BCUT2D eigenvalue weighted by molar-refractivity contribution is 0.0744. The van der Waals surface area contributed by atoms with E-state index in [0.717, 1.165) is 0 Å². The van der Waals surface area contributed by atoms with Gasteiger partial charge in [-0.3, -0.25) is 9.78 Å². The lowest BCUT2D eigenvalue weighted by Gasteiger charge is -2.26. The van der Waals surface area contributed by atoms with Gasteiger partial charge >= 0.3 is 0 Å². The fourth-order valence-corrected chi connectivity index (χ4v) is 3.62. The molecule has 28 heavy (non-hydrogen) atoms. The van der Waals surface area contributed by atoms with Gasteiger partial charge < -0.3 is 4.90 Å². The fraction of sp³-hybridized carbons (Fsp3) is 0.200. The van der Waals surface area contributed by atoms with Crippen LogP contribution >= 0.6 is 0 Å². The molecule has 0 spiro atoms. The molecule has 3 rings (SSSR count). The molecule has 3 aromatic rings. The van der Waals surface area contributed by atoms with Crippen LogP contribution in [0.2, 0.25) is 0 Å². The number of sulfonamides is 1. The van der Waals surface area contributed by atoms with E-state index in [0.29, 0.717) is 27.7 Å². The Morgan fingerprint density at radius 2 is 1.89 bits per heavy atom. The van der Waals surface area contributed by atoms with Gasteiger partial charge in [-0.15, -0.1) is 0 Å². The van der Waals surface area contributed by atoms with E-state index in [2.05, 4.69) is 4.98 Å². The number of rotatable bonds is 4. The van der Waals surface area contributed by atoms with Crippen LogP contribution in [0.3, 0.4) is 0 Å². The number of benzene rings is 2. The fourth-order valence-electron chi connectivity index (χ4n) is 3.05. The lowest BCUT2D eigenvalue weighted by atomic mass is 10.0. The summed E-state index contributed by atoms with van der Waals surface area (Å²) in [6, 6.07) is 11.5. The molecule has 2 N–H and O–H groups in total. The molecule has 1 amide bonds. The number of halogens is 1. The first kappa shape index (κ1) is 19.9. The third kappa shape index (κ3) is 3.88. The molecular weight excluding hydrogens is 381 g/mol. The number of amides is 1. The van der Waals surface area contributed by atoms with Crippen molar-refractivity contribution in [2.24, 2.45) is 5.14 Å². The molecule has 0 aliphatic carbocycles. The Bertz CT molecular complexity index is 1170. The van der Waals surface area contributed by atoms with Crippen molar-refractivity contribution in [3.63, 3.8) is 0 Å². The molecule has 0 bridgehead atoms. The second kappa shape index (κ2) is 7.29. The van der Waals surface area contributed by atoms with Gasteiger partial charge in [-0.25, -0.2) is 17.9 Å². The number of nitrogens with two attached hydrogens (primary N) is 1. The minimum Gasteiger partial charge on any atom is -0.335 e. The molecule has 2 aromatic carbocycles. The normalized spacial score (nSPS) is 12.8. The number of hydrogen-bond donors (Lipinski definition) is 1. The first-order valence-corrected chi connectivity index (χ1v) is 10.1. The molecule has 6 nitrogen and oxygen atoms in total. The standard InChI is InChI=1S/C20H20FN3O3S/c1-12-9-18(17-8-7-15(21)11-19(17)23-12)20(25)24(3)13(2)14-5-4-6-16(10-14)28(22,26)27/h4-11,13H,1-3H3,(H2,22,26,27). The maximum atomic E-state index is 13.5. The van der Waals surface area contributed by atoms with Crippen LogP contribution in [-0.4, -0.2) is 31.3 Å². The van der Waals surface area contributed by atoms with E-state index in [-0.39, 0.29) is 10.8 Å². The number of fused-ring (bicyclic) bond motifs is 1. The van der Waals surface area contributed by atoms with Crippen LogP contribution in [0.1, 0.15) is 34.6 Å². The van der Waals surface area contributed by atoms with Gasteiger partial charge in [0.2, 0.25) is 10.0 Å². The van der Waals surface area contributed by atoms with Crippen LogP contribution in [0.4, 0.5) is 4.39 Å². The summed E-state index contributed by atoms with van der Waals surface area (Å²) in [4.78, 5) is 18.9. The average molecular weight is 401 g/mol. The number of nitrogens with zero attached hydrogens (tertiary/aromatic N) is 2. The maximum absolute atomic E-state index is 13.5. The van der Waals surface area contributed by atoms with E-state index in [4.69, 9.17) is 5.14 Å². The number of pyridine rings is 1. The second-order valence-corrected chi connectivity index (χ2v) is 8.24. The zero-order valence-electron chi connectivity index (χ0n) is 15.7. The van der Waals surface area contributed by atoms with E-state index in [9.17, 15) is 17.6 Å². The first-order valence-electron chi connectivity index (χ1n) is 8.55. The predicted molar refractivity (Wildman–Crippen MR) is 105 cm³/mol. The van der Waals surface area contributed by atoms with Crippen molar-refractivity contribution in [1.82, 2.24) is 9.88 Å². The SMILES string of the molecule is Cc1cc(C(=O)N(C)C(C)c2cccc(S(N)(=O)=O)c2)c2ccc(F)cc2n1. The zero-order chi connectivity index (χ0) is 20.6. The number of carbonyl (C=O) groups is 1. The lowest BCUT2D eigenvalue weighted by Crippen LogP contribution is -2.30. The van der Waals surface area contributed by atoms with Gasteiger partial charge in [0.05, 0.1) is 22.0 Å². The molecule has 0 fully saturated rings. The summed E-state index contributed by atoms with van der Waals surface area (Å²) in [6.45, 7) is 3.52. The van der Waals surface area contributed by atoms with Crippen LogP contribution in [-0.2, 0) is 10.0 Å². The molecule has 8 heteroatoms. The summed E-state index contributed by atoms with van der Waals surface area (Å²) in [5.74, 6) is -0.707. The maximum Gasteiger partial charge on any atom is 0.254 e. The highest BCUT2D eigenvalue weighted by Gasteiger charge is 2.22. The Morgan fingerprint density at radius 1 is 1.18 bits per heavy atom. The van der Waals surface area contributed by atoms with Crippen molar-refractivity contribution in [2.75, 3.05) is 7.05 Å². The van der Waals surface area contributed by atoms with Crippen LogP contribution in [0, 0.1) is 12.7 Å². The van der Waals surface area contributed by atoms with E-state index >= 15 is 0 Å². The summed E-state index contributed by atoms with van der Waals surface area (Å²) >= 11 is 0. The third-order valence-electron chi connectivity index (χ3n) is 4.70. The molecule has 146 valence electrons. The van der Waals surface area contributed by atoms with Gasteiger partial charge in [-0.2, -0.15) is 0 Å². The Morgan fingerprint density at radius 3 is 2.57 bits per heavy atom. The van der Waals surface area contributed by atoms with Gasteiger partial charge in [0.1, 0.15) is 5.82 Å². The summed E-state index contributed by atoms with van der Waals surface area (Å²) in [5.41, 5.74) is 2.03. The highest BCUT2D eigenvalue weighted by atomic mass is 32.2. The highest BCUT2D eigenvalue weighted by molar-refractivity contribution is 7.89. The average Bonchev–Trinajstić information content (AvgIpc) is 2.64. The van der Waals surface area contributed by atoms with Gasteiger partial charge in [0.25, 0.3) is 5.91 Å². The Balaban J connectivity index is 2.00. The summed E-state index contributed by atoms with van der Waals surface area (Å²) in [5, 5.41) is 5.75. The van der Waals surface area contributed by atoms with E-state index in [1.54, 1.807) is 39.1 Å². The molecule has 0 saturated carbocycles. The van der Waals surface area contributed by atoms with Crippen molar-refractivity contribution in [1.29, 1.82) is 0 Å². The Hall–Kier alpha value is -2.84. The van der Waals surface area contributed by atoms with Crippen molar-refractivity contribution < 1.29 is 17.6 Å². The monoisotopic (exact) mass is 401 g/mol. The predicted octanol–water partition coefficient (Wildman–Crippen LogP) is 3.16. The Labute approximate surface area is 162 Å². The van der Waals surface area contributed by atoms with Crippen molar-refractivity contribution in [3.05, 3.63) is 71.2 Å². The van der Waals surface area contributed by atoms with E-state index in [1.165, 1.54) is 35.2 Å². The van der Waals surface area contributed by atoms with Crippen LogP contribution in [0.25, 0.3) is 10.9 Å². The highest BCUT2D eigenvalue weighted by Crippen LogP contribution is 2.26. The van der Waals surface area contributed by atoms with Crippen molar-refractivity contribution >= 4 is 26.8 Å². The van der Waals surface area contributed by atoms with Crippen LogP contribution < -0.4 is 5.14 Å². The van der Waals surface area contributed by atoms with Gasteiger partial charge in [-0.05, 0) is 49.7 Å². The largest absolute Gasteiger partial charge is 0.335 e. The first-order chi connectivity index (χ1) is 13.1. The topological polar surface area (TPSA) is 93.4 Å². The number of aromatic nitrogens is 1. The molecule has 1 unspecified atom stereocenters. The quantitative estimate of drug-likeness (QED) is 0.727. The van der Waals surface area contributed by atoms with Crippen LogP contribution in [0.5, 0.6) is 0 Å². The molecule has 0 saturated heterocycles. The van der Waals surface area contributed by atoms with E-state index in [1.807, 2.05) is 0 Å². The van der Waals surface area contributed by atoms with Crippen molar-refractivity contribution in [2.45, 2.75) is 24.8 Å².